The quantitative estimate of drug-likeness (QED) is 0.598. The van der Waals surface area contributed by atoms with Crippen LogP contribution < -0.4 is 0 Å². The van der Waals surface area contributed by atoms with Gasteiger partial charge in [0.15, 0.2) is 0 Å². The van der Waals surface area contributed by atoms with E-state index in [-0.39, 0.29) is 5.41 Å². The Kier molecular flexibility index (Phi) is 1.86. The summed E-state index contributed by atoms with van der Waals surface area (Å²) < 4.78 is 0. The molecule has 0 saturated carbocycles. The molecule has 13 heavy (non-hydrogen) atoms. The summed E-state index contributed by atoms with van der Waals surface area (Å²) in [4.78, 5) is 1.96. The van der Waals surface area contributed by atoms with Crippen molar-refractivity contribution in [3.05, 3.63) is 35.4 Å². The zero-order valence-corrected chi connectivity index (χ0v) is 9.26. The standard InChI is InChI=1S/C11H10S2/c1-11(2)9(12)7-5-3-4-6-8(7)10(11)13/h3-6H,1-2H3. The molecule has 0 atom stereocenters. The SMILES string of the molecule is CC1(C)C(=S)c2ccccc2C1=S. The van der Waals surface area contributed by atoms with Crippen LogP contribution in [0.5, 0.6) is 0 Å². The van der Waals surface area contributed by atoms with Gasteiger partial charge in [-0.05, 0) is 25.0 Å². The molecule has 2 heteroatoms. The second-order valence-corrected chi connectivity index (χ2v) is 4.65. The Balaban J connectivity index is 2.71. The van der Waals surface area contributed by atoms with Crippen LogP contribution in [0.4, 0.5) is 0 Å². The fourth-order valence-electron chi connectivity index (χ4n) is 1.66. The Labute approximate surface area is 89.0 Å². The first kappa shape index (κ1) is 8.97. The summed E-state index contributed by atoms with van der Waals surface area (Å²) >= 11 is 10.8. The van der Waals surface area contributed by atoms with E-state index >= 15 is 0 Å². The molecule has 0 heterocycles. The fraction of sp³-hybridized carbons (Fsp3) is 0.273. The molecule has 1 aromatic rings. The Morgan fingerprint density at radius 1 is 0.923 bits per heavy atom. The minimum atomic E-state index is -0.117. The molecule has 0 fully saturated rings. The summed E-state index contributed by atoms with van der Waals surface area (Å²) in [6.07, 6.45) is 0. The van der Waals surface area contributed by atoms with E-state index in [1.54, 1.807) is 0 Å². The molecule has 0 N–H and O–H groups in total. The zero-order chi connectivity index (χ0) is 9.64. The van der Waals surface area contributed by atoms with Crippen molar-refractivity contribution in [1.29, 1.82) is 0 Å². The molecule has 0 aliphatic heterocycles. The van der Waals surface area contributed by atoms with Crippen LogP contribution >= 0.6 is 24.4 Å². The molecule has 0 aromatic heterocycles. The van der Waals surface area contributed by atoms with Crippen LogP contribution in [0.2, 0.25) is 0 Å². The lowest BCUT2D eigenvalue weighted by atomic mass is 9.90. The van der Waals surface area contributed by atoms with E-state index in [1.165, 1.54) is 0 Å². The first-order chi connectivity index (χ1) is 6.05. The van der Waals surface area contributed by atoms with Crippen molar-refractivity contribution in [3.8, 4) is 0 Å². The molecule has 0 spiro atoms. The summed E-state index contributed by atoms with van der Waals surface area (Å²) in [5.74, 6) is 0. The van der Waals surface area contributed by atoms with E-state index in [2.05, 4.69) is 26.0 Å². The highest BCUT2D eigenvalue weighted by molar-refractivity contribution is 7.83. The van der Waals surface area contributed by atoms with Gasteiger partial charge in [0.2, 0.25) is 0 Å². The molecule has 0 nitrogen and oxygen atoms in total. The van der Waals surface area contributed by atoms with Gasteiger partial charge in [-0.3, -0.25) is 0 Å². The highest BCUT2D eigenvalue weighted by Gasteiger charge is 2.38. The fourth-order valence-corrected chi connectivity index (χ4v) is 2.28. The van der Waals surface area contributed by atoms with Gasteiger partial charge in [-0.2, -0.15) is 0 Å². The predicted molar refractivity (Wildman–Crippen MR) is 63.6 cm³/mol. The van der Waals surface area contributed by atoms with E-state index in [9.17, 15) is 0 Å². The van der Waals surface area contributed by atoms with Crippen LogP contribution in [0.15, 0.2) is 24.3 Å². The number of hydrogen-bond acceptors (Lipinski definition) is 2. The van der Waals surface area contributed by atoms with Crippen molar-refractivity contribution in [2.45, 2.75) is 13.8 Å². The Morgan fingerprint density at radius 2 is 1.31 bits per heavy atom. The maximum Gasteiger partial charge on any atom is 0.0363 e. The number of thiocarbonyl (C=S) groups is 2. The molecule has 1 aliphatic carbocycles. The Morgan fingerprint density at radius 3 is 1.69 bits per heavy atom. The number of rotatable bonds is 0. The van der Waals surface area contributed by atoms with Gasteiger partial charge in [0.1, 0.15) is 0 Å². The third kappa shape index (κ3) is 1.09. The second kappa shape index (κ2) is 2.69. The smallest absolute Gasteiger partial charge is 0.0363 e. The number of fused-ring (bicyclic) bond motifs is 1. The van der Waals surface area contributed by atoms with Gasteiger partial charge in [-0.1, -0.05) is 48.7 Å². The monoisotopic (exact) mass is 206 g/mol. The molecular formula is C11H10S2. The normalized spacial score (nSPS) is 18.9. The van der Waals surface area contributed by atoms with Gasteiger partial charge >= 0.3 is 0 Å². The van der Waals surface area contributed by atoms with Crippen LogP contribution in [0.1, 0.15) is 25.0 Å². The first-order valence-electron chi connectivity index (χ1n) is 4.24. The summed E-state index contributed by atoms with van der Waals surface area (Å²) in [6, 6.07) is 8.13. The van der Waals surface area contributed by atoms with Gasteiger partial charge in [0.25, 0.3) is 0 Å². The highest BCUT2D eigenvalue weighted by Crippen LogP contribution is 2.37. The third-order valence-corrected chi connectivity index (χ3v) is 4.01. The molecule has 1 aromatic carbocycles. The summed E-state index contributed by atoms with van der Waals surface area (Å²) in [5, 5.41) is 0. The van der Waals surface area contributed by atoms with Crippen molar-refractivity contribution >= 4 is 34.2 Å². The number of benzene rings is 1. The Bertz CT molecular complexity index is 365. The molecule has 0 saturated heterocycles. The van der Waals surface area contributed by atoms with Gasteiger partial charge in [0.05, 0.1) is 0 Å². The van der Waals surface area contributed by atoms with E-state index in [0.29, 0.717) is 0 Å². The summed E-state index contributed by atoms with van der Waals surface area (Å²) in [7, 11) is 0. The van der Waals surface area contributed by atoms with Gasteiger partial charge in [-0.25, -0.2) is 0 Å². The van der Waals surface area contributed by atoms with Crippen molar-refractivity contribution < 1.29 is 0 Å². The molecular weight excluding hydrogens is 196 g/mol. The topological polar surface area (TPSA) is 0 Å². The maximum absolute atomic E-state index is 5.40. The van der Waals surface area contributed by atoms with E-state index < -0.39 is 0 Å². The second-order valence-electron chi connectivity index (χ2n) is 3.83. The van der Waals surface area contributed by atoms with Crippen molar-refractivity contribution in [1.82, 2.24) is 0 Å². The summed E-state index contributed by atoms with van der Waals surface area (Å²) in [5.41, 5.74) is 2.17. The van der Waals surface area contributed by atoms with E-state index in [4.69, 9.17) is 24.4 Å². The lowest BCUT2D eigenvalue weighted by molar-refractivity contribution is 0.766. The third-order valence-electron chi connectivity index (χ3n) is 2.55. The average molecular weight is 206 g/mol. The van der Waals surface area contributed by atoms with E-state index in [0.717, 1.165) is 20.9 Å². The largest absolute Gasteiger partial charge is 0.0832 e. The minimum absolute atomic E-state index is 0.117. The van der Waals surface area contributed by atoms with Gasteiger partial charge in [0, 0.05) is 15.1 Å². The average Bonchev–Trinajstić information content (AvgIpc) is 2.30. The molecule has 0 radical (unpaired) electrons. The van der Waals surface area contributed by atoms with Crippen LogP contribution in [0.25, 0.3) is 0 Å². The van der Waals surface area contributed by atoms with Crippen LogP contribution in [-0.2, 0) is 0 Å². The van der Waals surface area contributed by atoms with Gasteiger partial charge < -0.3 is 0 Å². The summed E-state index contributed by atoms with van der Waals surface area (Å²) in [6.45, 7) is 4.19. The lowest BCUT2D eigenvalue weighted by Crippen LogP contribution is -2.23. The van der Waals surface area contributed by atoms with Crippen molar-refractivity contribution in [3.63, 3.8) is 0 Å². The molecule has 66 valence electrons. The van der Waals surface area contributed by atoms with E-state index in [1.807, 2.05) is 12.1 Å². The molecule has 0 amide bonds. The molecule has 1 aliphatic rings. The van der Waals surface area contributed by atoms with Crippen LogP contribution in [0.3, 0.4) is 0 Å². The lowest BCUT2D eigenvalue weighted by Gasteiger charge is -2.17. The molecule has 0 bridgehead atoms. The van der Waals surface area contributed by atoms with Crippen LogP contribution in [-0.4, -0.2) is 9.73 Å². The van der Waals surface area contributed by atoms with Gasteiger partial charge in [-0.15, -0.1) is 0 Å². The zero-order valence-electron chi connectivity index (χ0n) is 7.63. The molecule has 0 unspecified atom stereocenters. The van der Waals surface area contributed by atoms with Crippen molar-refractivity contribution in [2.24, 2.45) is 5.41 Å². The minimum Gasteiger partial charge on any atom is -0.0832 e. The molecule has 2 rings (SSSR count). The van der Waals surface area contributed by atoms with Crippen molar-refractivity contribution in [2.75, 3.05) is 0 Å². The Hall–Kier alpha value is -0.600. The van der Waals surface area contributed by atoms with Crippen LogP contribution in [0, 0.1) is 5.41 Å². The number of hydrogen-bond donors (Lipinski definition) is 0. The maximum atomic E-state index is 5.40. The first-order valence-corrected chi connectivity index (χ1v) is 5.05. The highest BCUT2D eigenvalue weighted by atomic mass is 32.1. The predicted octanol–water partition coefficient (Wildman–Crippen LogP) is 3.16.